The first-order chi connectivity index (χ1) is 10.3. The molecule has 1 aromatic carbocycles. The van der Waals surface area contributed by atoms with Gasteiger partial charge < -0.3 is 10.4 Å². The number of allylic oxidation sites excluding steroid dienone is 2. The van der Waals surface area contributed by atoms with E-state index in [9.17, 15) is 22.8 Å². The fraction of sp³-hybridized carbons (Fsp3) is 0.333. The molecule has 0 aliphatic heterocycles. The molecule has 0 saturated carbocycles. The number of halogens is 3. The molecule has 0 saturated heterocycles. The molecule has 7 heteroatoms. The van der Waals surface area contributed by atoms with Crippen LogP contribution < -0.4 is 5.32 Å². The normalized spacial score (nSPS) is 21.4. The Morgan fingerprint density at radius 3 is 2.36 bits per heavy atom. The molecule has 0 bridgehead atoms. The number of nitrogens with one attached hydrogen (secondary N) is 1. The average Bonchev–Trinajstić information content (AvgIpc) is 2.46. The maximum absolute atomic E-state index is 12.6. The van der Waals surface area contributed by atoms with Crippen molar-refractivity contribution in [3.8, 4) is 0 Å². The number of alkyl halides is 3. The van der Waals surface area contributed by atoms with Crippen molar-refractivity contribution >= 4 is 17.6 Å². The fourth-order valence-electron chi connectivity index (χ4n) is 2.39. The van der Waals surface area contributed by atoms with Gasteiger partial charge in [-0.25, -0.2) is 0 Å². The number of carbonyl (C=O) groups excluding carboxylic acids is 1. The number of hydrogen-bond donors (Lipinski definition) is 2. The van der Waals surface area contributed by atoms with Gasteiger partial charge in [-0.2, -0.15) is 13.2 Å². The summed E-state index contributed by atoms with van der Waals surface area (Å²) in [4.78, 5) is 23.3. The Bertz CT molecular complexity index is 610. The lowest BCUT2D eigenvalue weighted by Gasteiger charge is -2.24. The summed E-state index contributed by atoms with van der Waals surface area (Å²) >= 11 is 0. The van der Waals surface area contributed by atoms with Gasteiger partial charge in [0.25, 0.3) is 0 Å². The van der Waals surface area contributed by atoms with Crippen LogP contribution in [0.15, 0.2) is 36.4 Å². The van der Waals surface area contributed by atoms with E-state index in [1.54, 1.807) is 12.2 Å². The third-order valence-corrected chi connectivity index (χ3v) is 3.54. The molecule has 0 aromatic heterocycles. The minimum absolute atomic E-state index is 0.00137. The van der Waals surface area contributed by atoms with Gasteiger partial charge in [0.15, 0.2) is 0 Å². The van der Waals surface area contributed by atoms with Crippen LogP contribution >= 0.6 is 0 Å². The van der Waals surface area contributed by atoms with E-state index in [1.807, 2.05) is 0 Å². The van der Waals surface area contributed by atoms with Crippen molar-refractivity contribution in [3.63, 3.8) is 0 Å². The van der Waals surface area contributed by atoms with Gasteiger partial charge in [-0.15, -0.1) is 0 Å². The van der Waals surface area contributed by atoms with Crippen LogP contribution in [-0.4, -0.2) is 17.0 Å². The Morgan fingerprint density at radius 1 is 1.14 bits per heavy atom. The second-order valence-electron chi connectivity index (χ2n) is 5.06. The van der Waals surface area contributed by atoms with E-state index in [0.717, 1.165) is 12.1 Å². The third kappa shape index (κ3) is 3.66. The Morgan fingerprint density at radius 2 is 1.77 bits per heavy atom. The Labute approximate surface area is 124 Å². The first kappa shape index (κ1) is 16.1. The lowest BCUT2D eigenvalue weighted by atomic mass is 9.82. The van der Waals surface area contributed by atoms with E-state index in [2.05, 4.69) is 5.32 Å². The lowest BCUT2D eigenvalue weighted by Crippen LogP contribution is -2.34. The monoisotopic (exact) mass is 313 g/mol. The van der Waals surface area contributed by atoms with Crippen molar-refractivity contribution < 1.29 is 27.9 Å². The Hall–Kier alpha value is -2.31. The van der Waals surface area contributed by atoms with Crippen LogP contribution in [0.25, 0.3) is 0 Å². The predicted octanol–water partition coefficient (Wildman–Crippen LogP) is 3.31. The van der Waals surface area contributed by atoms with Crippen molar-refractivity contribution in [2.45, 2.75) is 19.0 Å². The smallest absolute Gasteiger partial charge is 0.416 e. The summed E-state index contributed by atoms with van der Waals surface area (Å²) < 4.78 is 37.9. The zero-order chi connectivity index (χ0) is 16.3. The lowest BCUT2D eigenvalue weighted by molar-refractivity contribution is -0.146. The van der Waals surface area contributed by atoms with Crippen LogP contribution in [0.5, 0.6) is 0 Å². The second-order valence-corrected chi connectivity index (χ2v) is 5.06. The van der Waals surface area contributed by atoms with Gasteiger partial charge in [0.1, 0.15) is 0 Å². The number of benzene rings is 1. The summed E-state index contributed by atoms with van der Waals surface area (Å²) in [6.07, 6.45) is -0.627. The van der Waals surface area contributed by atoms with Crippen molar-refractivity contribution in [1.82, 2.24) is 0 Å². The first-order valence-electron chi connectivity index (χ1n) is 6.65. The van der Waals surface area contributed by atoms with E-state index in [1.165, 1.54) is 12.1 Å². The van der Waals surface area contributed by atoms with Gasteiger partial charge in [-0.3, -0.25) is 9.59 Å². The molecule has 118 valence electrons. The molecule has 0 unspecified atom stereocenters. The molecule has 1 aliphatic carbocycles. The van der Waals surface area contributed by atoms with Gasteiger partial charge in [0.2, 0.25) is 5.91 Å². The molecule has 22 heavy (non-hydrogen) atoms. The van der Waals surface area contributed by atoms with E-state index < -0.39 is 35.5 Å². The van der Waals surface area contributed by atoms with Crippen LogP contribution in [-0.2, 0) is 15.8 Å². The minimum Gasteiger partial charge on any atom is -0.481 e. The quantitative estimate of drug-likeness (QED) is 0.841. The molecule has 1 amide bonds. The number of amides is 1. The third-order valence-electron chi connectivity index (χ3n) is 3.54. The van der Waals surface area contributed by atoms with Crippen LogP contribution in [0.4, 0.5) is 18.9 Å². The highest BCUT2D eigenvalue weighted by Gasteiger charge is 2.34. The van der Waals surface area contributed by atoms with Crippen LogP contribution in [0.2, 0.25) is 0 Å². The first-order valence-corrected chi connectivity index (χ1v) is 6.65. The van der Waals surface area contributed by atoms with Crippen molar-refractivity contribution in [2.75, 3.05) is 5.32 Å². The van der Waals surface area contributed by atoms with Crippen LogP contribution in [0.1, 0.15) is 18.4 Å². The number of carboxylic acids is 1. The van der Waals surface area contributed by atoms with Gasteiger partial charge in [0.05, 0.1) is 17.4 Å². The highest BCUT2D eigenvalue weighted by atomic mass is 19.4. The summed E-state index contributed by atoms with van der Waals surface area (Å²) in [5.74, 6) is -3.34. The summed E-state index contributed by atoms with van der Waals surface area (Å²) in [6, 6.07) is 4.25. The van der Waals surface area contributed by atoms with Gasteiger partial charge in [0, 0.05) is 5.69 Å². The van der Waals surface area contributed by atoms with Gasteiger partial charge >= 0.3 is 12.1 Å². The summed E-state index contributed by atoms with van der Waals surface area (Å²) in [5.41, 5.74) is -0.873. The zero-order valence-electron chi connectivity index (χ0n) is 11.4. The number of anilines is 1. The number of rotatable bonds is 3. The SMILES string of the molecule is O=C(O)[C@H]1CC=CC[C@H]1C(=O)Nc1cccc(C(F)(F)F)c1. The maximum Gasteiger partial charge on any atom is 0.416 e. The van der Waals surface area contributed by atoms with E-state index in [-0.39, 0.29) is 18.5 Å². The van der Waals surface area contributed by atoms with E-state index in [4.69, 9.17) is 5.11 Å². The molecule has 0 fully saturated rings. The second kappa shape index (κ2) is 6.21. The molecule has 1 aliphatic rings. The van der Waals surface area contributed by atoms with Crippen LogP contribution in [0.3, 0.4) is 0 Å². The molecule has 0 heterocycles. The number of carboxylic acid groups (broad SMARTS) is 1. The Kier molecular flexibility index (Phi) is 4.54. The highest BCUT2D eigenvalue weighted by molar-refractivity contribution is 5.95. The molecule has 0 radical (unpaired) electrons. The van der Waals surface area contributed by atoms with E-state index in [0.29, 0.717) is 0 Å². The molecular formula is C15H14F3NO3. The topological polar surface area (TPSA) is 66.4 Å². The van der Waals surface area contributed by atoms with Crippen molar-refractivity contribution in [3.05, 3.63) is 42.0 Å². The zero-order valence-corrected chi connectivity index (χ0v) is 11.4. The minimum atomic E-state index is -4.50. The average molecular weight is 313 g/mol. The molecule has 1 aromatic rings. The van der Waals surface area contributed by atoms with Gasteiger partial charge in [-0.1, -0.05) is 18.2 Å². The van der Waals surface area contributed by atoms with Gasteiger partial charge in [-0.05, 0) is 31.0 Å². The molecular weight excluding hydrogens is 299 g/mol. The predicted molar refractivity (Wildman–Crippen MR) is 73.1 cm³/mol. The highest BCUT2D eigenvalue weighted by Crippen LogP contribution is 2.31. The molecule has 4 nitrogen and oxygen atoms in total. The summed E-state index contributed by atoms with van der Waals surface area (Å²) in [7, 11) is 0. The number of aliphatic carboxylic acids is 1. The summed E-state index contributed by atoms with van der Waals surface area (Å²) in [6.45, 7) is 0. The van der Waals surface area contributed by atoms with Crippen molar-refractivity contribution in [1.29, 1.82) is 0 Å². The molecule has 0 spiro atoms. The maximum atomic E-state index is 12.6. The van der Waals surface area contributed by atoms with Crippen molar-refractivity contribution in [2.24, 2.45) is 11.8 Å². The van der Waals surface area contributed by atoms with Crippen LogP contribution in [0, 0.1) is 11.8 Å². The molecule has 2 N–H and O–H groups in total. The standard InChI is InChI=1S/C15H14F3NO3/c16-15(17,18)9-4-3-5-10(8-9)19-13(20)11-6-1-2-7-12(11)14(21)22/h1-5,8,11-12H,6-7H2,(H,19,20)(H,21,22)/t11-,12+/m1/s1. The number of hydrogen-bond acceptors (Lipinski definition) is 2. The fourth-order valence-corrected chi connectivity index (χ4v) is 2.39. The Balaban J connectivity index is 2.15. The summed E-state index contributed by atoms with van der Waals surface area (Å²) in [5, 5.41) is 11.5. The molecule has 2 atom stereocenters. The number of carbonyl (C=O) groups is 2. The molecule has 2 rings (SSSR count). The largest absolute Gasteiger partial charge is 0.481 e. The van der Waals surface area contributed by atoms with E-state index >= 15 is 0 Å².